The molecule has 0 atom stereocenters. The summed E-state index contributed by atoms with van der Waals surface area (Å²) in [6.07, 6.45) is 11.6. The molecule has 0 unspecified atom stereocenters. The Labute approximate surface area is 218 Å². The van der Waals surface area contributed by atoms with Crippen molar-refractivity contribution in [3.8, 4) is 23.0 Å². The summed E-state index contributed by atoms with van der Waals surface area (Å²) < 4.78 is 21.8. The number of pyridine rings is 1. The first-order valence-electron chi connectivity index (χ1n) is 12.1. The lowest BCUT2D eigenvalue weighted by molar-refractivity contribution is -0.116. The number of hydrogen-bond acceptors (Lipinski definition) is 6. The molecule has 194 valence electrons. The number of unbranched alkanes of at least 4 members (excludes halogenated alkanes) is 1. The summed E-state index contributed by atoms with van der Waals surface area (Å²) in [6, 6.07) is 15.4. The first kappa shape index (κ1) is 27.3. The predicted molar refractivity (Wildman–Crippen MR) is 145 cm³/mol. The Bertz CT molecular complexity index is 1160. The van der Waals surface area contributed by atoms with Gasteiger partial charge in [0.25, 0.3) is 0 Å². The lowest BCUT2D eigenvalue weighted by atomic mass is 9.96. The molecule has 1 amide bonds. The van der Waals surface area contributed by atoms with Crippen LogP contribution >= 0.6 is 0 Å². The third-order valence-corrected chi connectivity index (χ3v) is 5.81. The van der Waals surface area contributed by atoms with Crippen molar-refractivity contribution in [2.45, 2.75) is 19.3 Å². The van der Waals surface area contributed by atoms with Crippen LogP contribution in [-0.4, -0.2) is 45.9 Å². The Hall–Kier alpha value is -4.26. The molecule has 0 saturated heterocycles. The number of allylic oxidation sites excluding steroid dienone is 2. The molecule has 7 nitrogen and oxygen atoms in total. The van der Waals surface area contributed by atoms with Gasteiger partial charge < -0.3 is 24.3 Å². The van der Waals surface area contributed by atoms with Crippen LogP contribution in [-0.2, 0) is 11.2 Å². The Morgan fingerprint density at radius 3 is 2.00 bits per heavy atom. The van der Waals surface area contributed by atoms with Crippen LogP contribution in [0.1, 0.15) is 29.5 Å². The molecule has 0 saturated carbocycles. The Kier molecular flexibility index (Phi) is 10.6. The molecule has 0 radical (unpaired) electrons. The minimum Gasteiger partial charge on any atom is -0.493 e. The maximum absolute atomic E-state index is 12.4. The fourth-order valence-electron chi connectivity index (χ4n) is 3.87. The number of benzene rings is 2. The lowest BCUT2D eigenvalue weighted by Crippen LogP contribution is -2.22. The maximum atomic E-state index is 12.4. The van der Waals surface area contributed by atoms with E-state index in [1.807, 2.05) is 54.7 Å². The van der Waals surface area contributed by atoms with Crippen molar-refractivity contribution in [2.24, 2.45) is 0 Å². The number of carbonyl (C=O) groups excluding carboxylic acids is 1. The molecule has 0 aliphatic rings. The minimum atomic E-state index is -0.142. The van der Waals surface area contributed by atoms with E-state index < -0.39 is 0 Å². The van der Waals surface area contributed by atoms with Crippen molar-refractivity contribution < 1.29 is 23.7 Å². The molecule has 0 aliphatic heterocycles. The summed E-state index contributed by atoms with van der Waals surface area (Å²) >= 11 is 0. The van der Waals surface area contributed by atoms with Crippen molar-refractivity contribution >= 4 is 11.5 Å². The molecule has 1 N–H and O–H groups in total. The number of aryl methyl sites for hydroxylation is 1. The average Bonchev–Trinajstić information content (AvgIpc) is 2.95. The topological polar surface area (TPSA) is 78.9 Å². The highest BCUT2D eigenvalue weighted by Crippen LogP contribution is 2.36. The first-order valence-corrected chi connectivity index (χ1v) is 12.1. The van der Waals surface area contributed by atoms with E-state index in [-0.39, 0.29) is 5.91 Å². The van der Waals surface area contributed by atoms with Gasteiger partial charge in [0.1, 0.15) is 0 Å². The second kappa shape index (κ2) is 14.3. The largest absolute Gasteiger partial charge is 0.493 e. The van der Waals surface area contributed by atoms with Gasteiger partial charge in [-0.05, 0) is 71.9 Å². The molecule has 2 aromatic carbocycles. The SMILES string of the molecule is COc1ccc(C(=C/C=C/C(=O)NCCCCc2cccnc2)c2ccc(OC)c(OC)c2)cc1OC. The van der Waals surface area contributed by atoms with E-state index in [0.717, 1.165) is 36.0 Å². The van der Waals surface area contributed by atoms with Crippen molar-refractivity contribution in [1.82, 2.24) is 10.3 Å². The fraction of sp³-hybridized carbons (Fsp3) is 0.267. The van der Waals surface area contributed by atoms with Gasteiger partial charge in [0.05, 0.1) is 28.4 Å². The second-order valence-electron chi connectivity index (χ2n) is 8.19. The predicted octanol–water partition coefficient (Wildman–Crippen LogP) is 5.24. The van der Waals surface area contributed by atoms with Crippen molar-refractivity contribution in [1.29, 1.82) is 0 Å². The van der Waals surface area contributed by atoms with Gasteiger partial charge in [0, 0.05) is 25.0 Å². The lowest BCUT2D eigenvalue weighted by Gasteiger charge is -2.14. The number of nitrogens with one attached hydrogen (secondary N) is 1. The molecule has 7 heteroatoms. The first-order chi connectivity index (χ1) is 18.1. The molecular formula is C30H34N2O5. The van der Waals surface area contributed by atoms with E-state index >= 15 is 0 Å². The number of hydrogen-bond donors (Lipinski definition) is 1. The van der Waals surface area contributed by atoms with Crippen molar-refractivity contribution in [3.63, 3.8) is 0 Å². The second-order valence-corrected chi connectivity index (χ2v) is 8.19. The monoisotopic (exact) mass is 502 g/mol. The summed E-state index contributed by atoms with van der Waals surface area (Å²) in [4.78, 5) is 16.5. The molecule has 0 spiro atoms. The van der Waals surface area contributed by atoms with E-state index in [9.17, 15) is 4.79 Å². The zero-order chi connectivity index (χ0) is 26.5. The molecule has 0 aliphatic carbocycles. The Morgan fingerprint density at radius 2 is 1.46 bits per heavy atom. The summed E-state index contributed by atoms with van der Waals surface area (Å²) in [5.74, 6) is 2.35. The standard InChI is InChI=1S/C30H34N2O5/c1-34-26-15-13-23(19-28(26)36-3)25(24-14-16-27(35-2)29(20-24)37-4)11-7-12-30(33)32-18-6-5-9-22-10-8-17-31-21-22/h7-8,10-17,19-21H,5-6,9,18H2,1-4H3,(H,32,33)/b12-7+. The highest BCUT2D eigenvalue weighted by Gasteiger charge is 2.12. The van der Waals surface area contributed by atoms with Gasteiger partial charge in [-0.25, -0.2) is 0 Å². The number of rotatable bonds is 13. The smallest absolute Gasteiger partial charge is 0.243 e. The van der Waals surface area contributed by atoms with Crippen molar-refractivity contribution in [2.75, 3.05) is 35.0 Å². The number of carbonyl (C=O) groups is 1. The van der Waals surface area contributed by atoms with Gasteiger partial charge in [0.2, 0.25) is 5.91 Å². The van der Waals surface area contributed by atoms with Crippen molar-refractivity contribution in [3.05, 3.63) is 95.8 Å². The van der Waals surface area contributed by atoms with Gasteiger partial charge in [0.15, 0.2) is 23.0 Å². The number of amides is 1. The highest BCUT2D eigenvalue weighted by atomic mass is 16.5. The van der Waals surface area contributed by atoms with E-state index in [1.165, 1.54) is 11.6 Å². The third kappa shape index (κ3) is 7.87. The van der Waals surface area contributed by atoms with Gasteiger partial charge >= 0.3 is 0 Å². The van der Waals surface area contributed by atoms with Crippen LogP contribution in [0.2, 0.25) is 0 Å². The zero-order valence-electron chi connectivity index (χ0n) is 21.8. The quantitative estimate of drug-likeness (QED) is 0.196. The molecule has 0 bridgehead atoms. The Morgan fingerprint density at radius 1 is 0.838 bits per heavy atom. The molecule has 37 heavy (non-hydrogen) atoms. The van der Waals surface area contributed by atoms with Gasteiger partial charge in [-0.15, -0.1) is 0 Å². The molecule has 3 aromatic rings. The number of aromatic nitrogens is 1. The molecule has 1 aromatic heterocycles. The molecule has 1 heterocycles. The van der Waals surface area contributed by atoms with Gasteiger partial charge in [-0.2, -0.15) is 0 Å². The zero-order valence-corrected chi connectivity index (χ0v) is 21.8. The molecule has 0 fully saturated rings. The fourth-order valence-corrected chi connectivity index (χ4v) is 3.87. The number of nitrogens with zero attached hydrogens (tertiary/aromatic N) is 1. The molecular weight excluding hydrogens is 468 g/mol. The van der Waals surface area contributed by atoms with Crippen LogP contribution in [0, 0.1) is 0 Å². The normalized spacial score (nSPS) is 10.6. The van der Waals surface area contributed by atoms with Crippen LogP contribution in [0.3, 0.4) is 0 Å². The van der Waals surface area contributed by atoms with Crippen LogP contribution in [0.4, 0.5) is 0 Å². The number of ether oxygens (including phenoxy) is 4. The maximum Gasteiger partial charge on any atom is 0.243 e. The van der Waals surface area contributed by atoms with Crippen LogP contribution in [0.15, 0.2) is 79.2 Å². The third-order valence-electron chi connectivity index (χ3n) is 5.81. The summed E-state index contributed by atoms with van der Waals surface area (Å²) in [7, 11) is 6.40. The summed E-state index contributed by atoms with van der Waals surface area (Å²) in [5, 5.41) is 2.95. The van der Waals surface area contributed by atoms with E-state index in [4.69, 9.17) is 18.9 Å². The van der Waals surface area contributed by atoms with Gasteiger partial charge in [-0.3, -0.25) is 9.78 Å². The van der Waals surface area contributed by atoms with E-state index in [2.05, 4.69) is 16.4 Å². The Balaban J connectivity index is 1.74. The van der Waals surface area contributed by atoms with E-state index in [1.54, 1.807) is 40.7 Å². The average molecular weight is 503 g/mol. The van der Waals surface area contributed by atoms with Crippen LogP contribution < -0.4 is 24.3 Å². The minimum absolute atomic E-state index is 0.142. The molecule has 3 rings (SSSR count). The van der Waals surface area contributed by atoms with Gasteiger partial charge in [-0.1, -0.05) is 30.4 Å². The van der Waals surface area contributed by atoms with Crippen LogP contribution in [0.5, 0.6) is 23.0 Å². The summed E-state index contributed by atoms with van der Waals surface area (Å²) in [6.45, 7) is 0.616. The van der Waals surface area contributed by atoms with Crippen LogP contribution in [0.25, 0.3) is 5.57 Å². The number of methoxy groups -OCH3 is 4. The summed E-state index contributed by atoms with van der Waals surface area (Å²) in [5.41, 5.74) is 3.87. The van der Waals surface area contributed by atoms with E-state index in [0.29, 0.717) is 29.5 Å². The highest BCUT2D eigenvalue weighted by molar-refractivity contribution is 5.89.